The molecule has 2 aromatic rings. The Kier molecular flexibility index (Phi) is 6.09. The van der Waals surface area contributed by atoms with Crippen LogP contribution in [0, 0.1) is 5.82 Å². The van der Waals surface area contributed by atoms with E-state index in [0.29, 0.717) is 30.2 Å². The van der Waals surface area contributed by atoms with Gasteiger partial charge in [0.25, 0.3) is 17.7 Å². The zero-order valence-corrected chi connectivity index (χ0v) is 17.6. The third-order valence-electron chi connectivity index (χ3n) is 5.35. The first-order chi connectivity index (χ1) is 15.3. The van der Waals surface area contributed by atoms with E-state index in [-0.39, 0.29) is 37.0 Å². The Hall–Kier alpha value is -3.08. The lowest BCUT2D eigenvalue weighted by atomic mass is 10.0. The number of nitrogens with zero attached hydrogens (tertiary/aromatic N) is 3. The normalized spacial score (nSPS) is 21.2. The molecule has 2 N–H and O–H groups in total. The van der Waals surface area contributed by atoms with E-state index in [0.717, 1.165) is 6.07 Å². The maximum absolute atomic E-state index is 13.5. The molecule has 0 aliphatic carbocycles. The molecular formula is C21H20ClFN4O5. The fourth-order valence-electron chi connectivity index (χ4n) is 3.66. The summed E-state index contributed by atoms with van der Waals surface area (Å²) in [5, 5.41) is 13.4. The van der Waals surface area contributed by atoms with Crippen LogP contribution < -0.4 is 15.1 Å². The molecule has 0 radical (unpaired) electrons. The van der Waals surface area contributed by atoms with Crippen molar-refractivity contribution >= 4 is 40.8 Å². The van der Waals surface area contributed by atoms with Gasteiger partial charge in [-0.2, -0.15) is 0 Å². The molecule has 2 aliphatic rings. The Balaban J connectivity index is 1.43. The van der Waals surface area contributed by atoms with Crippen LogP contribution in [0.25, 0.3) is 0 Å². The van der Waals surface area contributed by atoms with Gasteiger partial charge in [0.1, 0.15) is 18.2 Å². The number of halogens is 2. The molecule has 0 bridgehead atoms. The molecule has 1 unspecified atom stereocenters. The first-order valence-electron chi connectivity index (χ1n) is 9.90. The van der Waals surface area contributed by atoms with E-state index in [1.807, 2.05) is 0 Å². The van der Waals surface area contributed by atoms with Gasteiger partial charge in [-0.3, -0.25) is 19.3 Å². The monoisotopic (exact) mass is 462 g/mol. The average molecular weight is 463 g/mol. The molecule has 1 aromatic carbocycles. The summed E-state index contributed by atoms with van der Waals surface area (Å²) >= 11 is 5.80. The molecule has 9 nitrogen and oxygen atoms in total. The summed E-state index contributed by atoms with van der Waals surface area (Å²) in [5.74, 6) is -2.01. The minimum Gasteiger partial charge on any atom is -0.372 e. The van der Waals surface area contributed by atoms with Crippen LogP contribution in [0.5, 0.6) is 0 Å². The Bertz CT molecular complexity index is 1050. The molecule has 3 amide bonds. The summed E-state index contributed by atoms with van der Waals surface area (Å²) in [7, 11) is 0. The van der Waals surface area contributed by atoms with Crippen molar-refractivity contribution in [3.05, 3.63) is 52.9 Å². The predicted octanol–water partition coefficient (Wildman–Crippen LogP) is 1.02. The molecule has 2 aliphatic heterocycles. The number of carbonyl (C=O) groups excluding carboxylic acids is 3. The zero-order chi connectivity index (χ0) is 22.9. The first-order valence-corrected chi connectivity index (χ1v) is 10.3. The Labute approximate surface area is 187 Å². The molecule has 32 heavy (non-hydrogen) atoms. The second-order valence-electron chi connectivity index (χ2n) is 7.50. The number of amides is 3. The van der Waals surface area contributed by atoms with Crippen LogP contribution in [0.1, 0.15) is 12.0 Å². The number of pyridine rings is 1. The van der Waals surface area contributed by atoms with Gasteiger partial charge in [-0.25, -0.2) is 9.37 Å². The van der Waals surface area contributed by atoms with Crippen molar-refractivity contribution in [2.45, 2.75) is 18.6 Å². The molecule has 168 valence electrons. The quantitative estimate of drug-likeness (QED) is 0.642. The molecule has 2 saturated heterocycles. The number of carbonyl (C=O) groups is 3. The Morgan fingerprint density at radius 2 is 2.06 bits per heavy atom. The summed E-state index contributed by atoms with van der Waals surface area (Å²) in [5.41, 5.74) is -1.47. The molecule has 0 spiro atoms. The number of aliphatic hydroxyl groups is 1. The molecule has 1 atom stereocenters. The number of aromatic nitrogens is 1. The molecule has 11 heteroatoms. The van der Waals surface area contributed by atoms with Crippen molar-refractivity contribution in [1.29, 1.82) is 0 Å². The van der Waals surface area contributed by atoms with E-state index in [1.165, 1.54) is 28.1 Å². The highest BCUT2D eigenvalue weighted by Gasteiger charge is 2.51. The summed E-state index contributed by atoms with van der Waals surface area (Å²) in [6.45, 7) is 0.772. The fraction of sp³-hybridized carbons (Fsp3) is 0.333. The topological polar surface area (TPSA) is 112 Å². The van der Waals surface area contributed by atoms with Crippen molar-refractivity contribution < 1.29 is 28.6 Å². The van der Waals surface area contributed by atoms with Crippen molar-refractivity contribution in [1.82, 2.24) is 10.3 Å². The maximum Gasteiger partial charge on any atom is 0.268 e. The van der Waals surface area contributed by atoms with Gasteiger partial charge >= 0.3 is 0 Å². The van der Waals surface area contributed by atoms with Gasteiger partial charge in [0.2, 0.25) is 5.60 Å². The van der Waals surface area contributed by atoms with Crippen molar-refractivity contribution in [2.75, 3.05) is 36.1 Å². The second kappa shape index (κ2) is 8.81. The molecule has 0 saturated carbocycles. The standard InChI is InChI=1S/C21H20ClFN4O5/c22-14-7-13(8-15(23)9-14)10-25-19(29)21(31)3-4-26(20(21)30)16-1-2-17(24-11-16)27-5-6-32-12-18(27)28/h1-2,7-9,11,31H,3-6,10,12H2,(H,25,29). The van der Waals surface area contributed by atoms with E-state index in [2.05, 4.69) is 10.3 Å². The fourth-order valence-corrected chi connectivity index (χ4v) is 3.91. The highest BCUT2D eigenvalue weighted by atomic mass is 35.5. The van der Waals surface area contributed by atoms with Crippen molar-refractivity contribution in [3.8, 4) is 0 Å². The number of anilines is 2. The third-order valence-corrected chi connectivity index (χ3v) is 5.57. The highest BCUT2D eigenvalue weighted by molar-refractivity contribution is 6.30. The van der Waals surface area contributed by atoms with E-state index >= 15 is 0 Å². The Morgan fingerprint density at radius 1 is 1.25 bits per heavy atom. The SMILES string of the molecule is O=C1COCCN1c1ccc(N2CCC(O)(C(=O)NCc3cc(F)cc(Cl)c3)C2=O)cn1. The van der Waals surface area contributed by atoms with Gasteiger partial charge in [0.05, 0.1) is 25.0 Å². The number of hydrogen-bond donors (Lipinski definition) is 2. The number of nitrogens with one attached hydrogen (secondary N) is 1. The van der Waals surface area contributed by atoms with Crippen molar-refractivity contribution in [3.63, 3.8) is 0 Å². The van der Waals surface area contributed by atoms with Gasteiger partial charge < -0.3 is 20.1 Å². The number of benzene rings is 1. The molecule has 3 heterocycles. The second-order valence-corrected chi connectivity index (χ2v) is 7.94. The molecule has 1 aromatic heterocycles. The van der Waals surface area contributed by atoms with Gasteiger partial charge in [-0.05, 0) is 35.9 Å². The summed E-state index contributed by atoms with van der Waals surface area (Å²) < 4.78 is 18.6. The molecule has 4 rings (SSSR count). The lowest BCUT2D eigenvalue weighted by Crippen LogP contribution is -2.52. The largest absolute Gasteiger partial charge is 0.372 e. The Morgan fingerprint density at radius 3 is 2.75 bits per heavy atom. The summed E-state index contributed by atoms with van der Waals surface area (Å²) in [4.78, 5) is 44.4. The van der Waals surface area contributed by atoms with Gasteiger partial charge in [0, 0.05) is 24.5 Å². The minimum atomic E-state index is -2.25. The van der Waals surface area contributed by atoms with Crippen LogP contribution in [0.2, 0.25) is 5.02 Å². The van der Waals surface area contributed by atoms with E-state index in [1.54, 1.807) is 12.1 Å². The van der Waals surface area contributed by atoms with Crippen LogP contribution in [0.3, 0.4) is 0 Å². The number of hydrogen-bond acceptors (Lipinski definition) is 6. The molecule has 2 fully saturated rings. The third kappa shape index (κ3) is 4.29. The lowest BCUT2D eigenvalue weighted by Gasteiger charge is -2.26. The van der Waals surface area contributed by atoms with Gasteiger partial charge in [-0.1, -0.05) is 11.6 Å². The van der Waals surface area contributed by atoms with Crippen molar-refractivity contribution in [2.24, 2.45) is 0 Å². The highest BCUT2D eigenvalue weighted by Crippen LogP contribution is 2.29. The van der Waals surface area contributed by atoms with Crippen LogP contribution in [-0.4, -0.2) is 59.7 Å². The molecular weight excluding hydrogens is 443 g/mol. The van der Waals surface area contributed by atoms with E-state index in [4.69, 9.17) is 16.3 Å². The zero-order valence-electron chi connectivity index (χ0n) is 16.9. The van der Waals surface area contributed by atoms with Gasteiger partial charge in [-0.15, -0.1) is 0 Å². The van der Waals surface area contributed by atoms with Gasteiger partial charge in [0.15, 0.2) is 0 Å². The van der Waals surface area contributed by atoms with Crippen LogP contribution in [0.4, 0.5) is 15.9 Å². The van der Waals surface area contributed by atoms with Crippen LogP contribution >= 0.6 is 11.6 Å². The number of ether oxygens (including phenoxy) is 1. The number of morpholine rings is 1. The van der Waals surface area contributed by atoms with E-state index in [9.17, 15) is 23.9 Å². The average Bonchev–Trinajstić information content (AvgIpc) is 3.07. The number of rotatable bonds is 5. The van der Waals surface area contributed by atoms with Crippen LogP contribution in [-0.2, 0) is 25.7 Å². The summed E-state index contributed by atoms with van der Waals surface area (Å²) in [6, 6.07) is 7.00. The van der Waals surface area contributed by atoms with E-state index < -0.39 is 23.2 Å². The predicted molar refractivity (Wildman–Crippen MR) is 113 cm³/mol. The smallest absolute Gasteiger partial charge is 0.268 e. The minimum absolute atomic E-state index is 0.0159. The first kappa shape index (κ1) is 22.1. The maximum atomic E-state index is 13.5. The summed E-state index contributed by atoms with van der Waals surface area (Å²) in [6.07, 6.45) is 1.29. The van der Waals surface area contributed by atoms with Crippen LogP contribution in [0.15, 0.2) is 36.5 Å². The lowest BCUT2D eigenvalue weighted by molar-refractivity contribution is -0.149.